The molecule has 0 aliphatic carbocycles. The summed E-state index contributed by atoms with van der Waals surface area (Å²) in [5, 5.41) is 18.2. The standard InChI is InChI=1S/C26H41N9O5/c1-15(33-23(37)18(28)8-6-12-31-26(29)30)22(36)35-21(13-16-14-32-19-9-3-2-7-17(16)19)24(38)34-20(25(39)40)10-4-5-11-27/h2-3,7,9,14-15,18,20-21,32H,4-6,8,10-13,27-28H2,1H3,(H,33,37)(H,34,38)(H,35,36)(H,39,40)(H4,29,30,31). The largest absolute Gasteiger partial charge is 0.480 e. The van der Waals surface area contributed by atoms with E-state index in [-0.39, 0.29) is 18.8 Å². The van der Waals surface area contributed by atoms with Gasteiger partial charge in [0, 0.05) is 30.1 Å². The number of amides is 3. The van der Waals surface area contributed by atoms with Gasteiger partial charge in [-0.15, -0.1) is 0 Å². The molecule has 0 bridgehead atoms. The molecular weight excluding hydrogens is 518 g/mol. The molecule has 0 aliphatic heterocycles. The van der Waals surface area contributed by atoms with Crippen molar-refractivity contribution in [2.75, 3.05) is 13.1 Å². The number of H-pyrrole nitrogens is 1. The van der Waals surface area contributed by atoms with Gasteiger partial charge in [0.1, 0.15) is 18.1 Å². The number of fused-ring (bicyclic) bond motifs is 1. The molecule has 14 nitrogen and oxygen atoms in total. The zero-order valence-corrected chi connectivity index (χ0v) is 22.7. The molecule has 0 saturated heterocycles. The van der Waals surface area contributed by atoms with Crippen LogP contribution in [0.1, 0.15) is 44.6 Å². The third-order valence-electron chi connectivity index (χ3n) is 6.35. The van der Waals surface area contributed by atoms with Gasteiger partial charge in [0.05, 0.1) is 6.04 Å². The topological polar surface area (TPSA) is 257 Å². The fourth-order valence-corrected chi connectivity index (χ4v) is 4.09. The van der Waals surface area contributed by atoms with Crippen LogP contribution in [0.15, 0.2) is 35.5 Å². The predicted octanol–water partition coefficient (Wildman–Crippen LogP) is -1.22. The number of hydrogen-bond donors (Lipinski definition) is 9. The Morgan fingerprint density at radius 2 is 1.65 bits per heavy atom. The van der Waals surface area contributed by atoms with Crippen LogP contribution in [0.25, 0.3) is 10.9 Å². The molecule has 0 spiro atoms. The molecule has 1 heterocycles. The van der Waals surface area contributed by atoms with Crippen LogP contribution < -0.4 is 38.9 Å². The number of nitrogens with one attached hydrogen (secondary N) is 4. The summed E-state index contributed by atoms with van der Waals surface area (Å²) < 4.78 is 0. The molecule has 13 N–H and O–H groups in total. The molecule has 2 aromatic rings. The van der Waals surface area contributed by atoms with Crippen LogP contribution in [-0.4, -0.2) is 77.0 Å². The minimum Gasteiger partial charge on any atom is -0.480 e. The number of rotatable bonds is 17. The van der Waals surface area contributed by atoms with Crippen molar-refractivity contribution >= 4 is 40.6 Å². The third-order valence-corrected chi connectivity index (χ3v) is 6.35. The molecule has 4 atom stereocenters. The van der Waals surface area contributed by atoms with E-state index < -0.39 is 47.9 Å². The van der Waals surface area contributed by atoms with Crippen molar-refractivity contribution in [3.05, 3.63) is 36.0 Å². The highest BCUT2D eigenvalue weighted by atomic mass is 16.4. The Labute approximate surface area is 232 Å². The Balaban J connectivity index is 2.12. The van der Waals surface area contributed by atoms with E-state index in [1.54, 1.807) is 6.20 Å². The summed E-state index contributed by atoms with van der Waals surface area (Å²) in [6, 6.07) is 3.30. The van der Waals surface area contributed by atoms with Crippen molar-refractivity contribution in [3.63, 3.8) is 0 Å². The van der Waals surface area contributed by atoms with E-state index in [4.69, 9.17) is 22.9 Å². The van der Waals surface area contributed by atoms with Gasteiger partial charge >= 0.3 is 5.97 Å². The molecule has 220 valence electrons. The highest BCUT2D eigenvalue weighted by Gasteiger charge is 2.29. The van der Waals surface area contributed by atoms with Crippen molar-refractivity contribution in [1.82, 2.24) is 20.9 Å². The number of aliphatic carboxylic acids is 1. The Morgan fingerprint density at radius 3 is 2.33 bits per heavy atom. The Morgan fingerprint density at radius 1 is 0.950 bits per heavy atom. The number of benzene rings is 1. The summed E-state index contributed by atoms with van der Waals surface area (Å²) >= 11 is 0. The molecule has 0 fully saturated rings. The van der Waals surface area contributed by atoms with Crippen LogP contribution in [0.5, 0.6) is 0 Å². The minimum atomic E-state index is -1.18. The summed E-state index contributed by atoms with van der Waals surface area (Å²) in [5.74, 6) is -3.07. The van der Waals surface area contributed by atoms with Gasteiger partial charge in [-0.2, -0.15) is 0 Å². The molecule has 1 aromatic carbocycles. The van der Waals surface area contributed by atoms with Crippen LogP contribution in [0.2, 0.25) is 0 Å². The number of nitrogens with two attached hydrogens (primary N) is 4. The van der Waals surface area contributed by atoms with Crippen molar-refractivity contribution in [3.8, 4) is 0 Å². The second-order valence-electron chi connectivity index (χ2n) is 9.59. The summed E-state index contributed by atoms with van der Waals surface area (Å²) in [6.45, 7) is 2.18. The summed E-state index contributed by atoms with van der Waals surface area (Å²) in [7, 11) is 0. The van der Waals surface area contributed by atoms with Crippen LogP contribution in [-0.2, 0) is 25.6 Å². The first-order valence-corrected chi connectivity index (χ1v) is 13.2. The van der Waals surface area contributed by atoms with E-state index >= 15 is 0 Å². The molecule has 0 saturated carbocycles. The van der Waals surface area contributed by atoms with Gasteiger partial charge in [-0.1, -0.05) is 18.2 Å². The number of guanidine groups is 1. The Bertz CT molecular complexity index is 1180. The molecule has 1 aromatic heterocycles. The van der Waals surface area contributed by atoms with Crippen LogP contribution in [0.3, 0.4) is 0 Å². The van der Waals surface area contributed by atoms with E-state index in [0.29, 0.717) is 38.8 Å². The number of carbonyl (C=O) groups excluding carboxylic acids is 3. The Hall–Kier alpha value is -4.17. The highest BCUT2D eigenvalue weighted by Crippen LogP contribution is 2.19. The predicted molar refractivity (Wildman–Crippen MR) is 152 cm³/mol. The number of carbonyl (C=O) groups is 4. The van der Waals surface area contributed by atoms with E-state index in [1.165, 1.54) is 6.92 Å². The van der Waals surface area contributed by atoms with Gasteiger partial charge in [-0.3, -0.25) is 19.4 Å². The molecule has 3 amide bonds. The molecular formula is C26H41N9O5. The lowest BCUT2D eigenvalue weighted by molar-refractivity contribution is -0.142. The molecule has 0 aliphatic rings. The van der Waals surface area contributed by atoms with Crippen molar-refractivity contribution in [2.45, 2.75) is 69.6 Å². The number of nitrogens with zero attached hydrogens (tertiary/aromatic N) is 1. The molecule has 4 unspecified atom stereocenters. The summed E-state index contributed by atoms with van der Waals surface area (Å²) in [6.07, 6.45) is 3.91. The molecule has 14 heteroatoms. The quantitative estimate of drug-likeness (QED) is 0.0638. The monoisotopic (exact) mass is 559 g/mol. The highest BCUT2D eigenvalue weighted by molar-refractivity contribution is 5.94. The number of carboxylic acid groups (broad SMARTS) is 1. The lowest BCUT2D eigenvalue weighted by atomic mass is 10.0. The zero-order valence-electron chi connectivity index (χ0n) is 22.7. The van der Waals surface area contributed by atoms with E-state index in [1.807, 2.05) is 24.3 Å². The third kappa shape index (κ3) is 10.2. The normalized spacial score (nSPS) is 14.0. The molecule has 40 heavy (non-hydrogen) atoms. The average molecular weight is 560 g/mol. The maximum absolute atomic E-state index is 13.3. The van der Waals surface area contributed by atoms with Crippen LogP contribution in [0.4, 0.5) is 0 Å². The SMILES string of the molecule is CC(NC(=O)C(N)CCCN=C(N)N)C(=O)NC(Cc1c[nH]c2ccccc12)C(=O)NC(CCCCN)C(=O)O. The fraction of sp³-hybridized carbons (Fsp3) is 0.500. The number of para-hydroxylation sites is 1. The van der Waals surface area contributed by atoms with Gasteiger partial charge in [0.2, 0.25) is 17.7 Å². The first kappa shape index (κ1) is 32.0. The number of aromatic amines is 1. The average Bonchev–Trinajstić information content (AvgIpc) is 3.32. The maximum atomic E-state index is 13.3. The van der Waals surface area contributed by atoms with E-state index in [9.17, 15) is 24.3 Å². The second kappa shape index (κ2) is 16.1. The number of aliphatic imine (C=N–C) groups is 1. The van der Waals surface area contributed by atoms with Crippen molar-refractivity contribution in [1.29, 1.82) is 0 Å². The smallest absolute Gasteiger partial charge is 0.326 e. The fourth-order valence-electron chi connectivity index (χ4n) is 4.09. The summed E-state index contributed by atoms with van der Waals surface area (Å²) in [4.78, 5) is 57.5. The number of unbranched alkanes of at least 4 members (excludes halogenated alkanes) is 1. The second-order valence-corrected chi connectivity index (χ2v) is 9.59. The number of carboxylic acids is 1. The number of hydrogen-bond acceptors (Lipinski definition) is 7. The molecule has 2 rings (SSSR count). The van der Waals surface area contributed by atoms with Crippen molar-refractivity contribution < 1.29 is 24.3 Å². The van der Waals surface area contributed by atoms with Gasteiger partial charge in [-0.25, -0.2) is 4.79 Å². The van der Waals surface area contributed by atoms with E-state index in [0.717, 1.165) is 16.5 Å². The van der Waals surface area contributed by atoms with Gasteiger partial charge in [0.15, 0.2) is 5.96 Å². The lowest BCUT2D eigenvalue weighted by Crippen LogP contribution is -2.57. The van der Waals surface area contributed by atoms with Crippen LogP contribution in [0, 0.1) is 0 Å². The minimum absolute atomic E-state index is 0.0558. The van der Waals surface area contributed by atoms with E-state index in [2.05, 4.69) is 25.9 Å². The Kier molecular flexibility index (Phi) is 12.9. The van der Waals surface area contributed by atoms with Crippen molar-refractivity contribution in [2.24, 2.45) is 27.9 Å². The number of aromatic nitrogens is 1. The van der Waals surface area contributed by atoms with Crippen LogP contribution >= 0.6 is 0 Å². The first-order chi connectivity index (χ1) is 19.0. The van der Waals surface area contributed by atoms with Gasteiger partial charge in [-0.05, 0) is 57.2 Å². The first-order valence-electron chi connectivity index (χ1n) is 13.2. The van der Waals surface area contributed by atoms with Gasteiger partial charge in [0.25, 0.3) is 0 Å². The molecule has 0 radical (unpaired) electrons. The van der Waals surface area contributed by atoms with Gasteiger partial charge < -0.3 is 49.0 Å². The zero-order chi connectivity index (χ0) is 29.7. The summed E-state index contributed by atoms with van der Waals surface area (Å²) in [5.41, 5.74) is 23.6. The maximum Gasteiger partial charge on any atom is 0.326 e. The lowest BCUT2D eigenvalue weighted by Gasteiger charge is -2.24.